The topological polar surface area (TPSA) is 77.8 Å². The van der Waals surface area contributed by atoms with Gasteiger partial charge in [0.1, 0.15) is 0 Å². The van der Waals surface area contributed by atoms with Crippen LogP contribution in [0.3, 0.4) is 0 Å². The van der Waals surface area contributed by atoms with Gasteiger partial charge in [0.05, 0.1) is 10.9 Å². The van der Waals surface area contributed by atoms with Crippen molar-refractivity contribution in [1.82, 2.24) is 4.31 Å². The van der Waals surface area contributed by atoms with Gasteiger partial charge in [0.2, 0.25) is 10.0 Å². The maximum Gasteiger partial charge on any atom is 0.243 e. The van der Waals surface area contributed by atoms with Crippen LogP contribution in [0.2, 0.25) is 0 Å². The molecule has 1 atom stereocenters. The number of aliphatic hydroxyl groups is 2. The van der Waals surface area contributed by atoms with Gasteiger partial charge in [0.15, 0.2) is 6.29 Å². The summed E-state index contributed by atoms with van der Waals surface area (Å²) in [6, 6.07) is 6.35. The van der Waals surface area contributed by atoms with E-state index in [1.165, 1.54) is 68.5 Å². The number of aliphatic hydroxyl groups excluding tert-OH is 1. The number of hydrogen-bond donors (Lipinski definition) is 2. The fourth-order valence-electron chi connectivity index (χ4n) is 4.32. The lowest BCUT2D eigenvalue weighted by atomic mass is 10.0. The third-order valence-electron chi connectivity index (χ3n) is 6.19. The van der Waals surface area contributed by atoms with Crippen LogP contribution in [0.4, 0.5) is 0 Å². The van der Waals surface area contributed by atoms with Crippen LogP contribution >= 0.6 is 0 Å². The first-order chi connectivity index (χ1) is 14.5. The minimum atomic E-state index is -3.68. The summed E-state index contributed by atoms with van der Waals surface area (Å²) >= 11 is 0. The molecule has 172 valence electrons. The Hall–Kier alpha value is -0.950. The molecule has 1 heterocycles. The van der Waals surface area contributed by atoms with Crippen LogP contribution < -0.4 is 0 Å². The molecule has 1 aromatic rings. The molecule has 0 amide bonds. The van der Waals surface area contributed by atoms with E-state index in [9.17, 15) is 18.6 Å². The summed E-state index contributed by atoms with van der Waals surface area (Å²) in [6.45, 7) is 2.59. The second-order valence-electron chi connectivity index (χ2n) is 8.67. The van der Waals surface area contributed by atoms with Crippen LogP contribution in [0.5, 0.6) is 0 Å². The van der Waals surface area contributed by atoms with Crippen molar-refractivity contribution in [3.8, 4) is 0 Å². The van der Waals surface area contributed by atoms with Gasteiger partial charge >= 0.3 is 0 Å². The van der Waals surface area contributed by atoms with Crippen LogP contribution in [0.25, 0.3) is 0 Å². The Labute approximate surface area is 183 Å². The highest BCUT2D eigenvalue weighted by Crippen LogP contribution is 2.27. The number of nitrogens with zero attached hydrogens (tertiary/aromatic N) is 1. The number of hydrogen-bond acceptors (Lipinski definition) is 4. The van der Waals surface area contributed by atoms with Crippen molar-refractivity contribution >= 4 is 10.0 Å². The maximum atomic E-state index is 12.8. The first-order valence-corrected chi connectivity index (χ1v) is 13.4. The highest BCUT2D eigenvalue weighted by Gasteiger charge is 2.38. The first kappa shape index (κ1) is 25.3. The number of unbranched alkanes of at least 4 members (excludes halogenated alkanes) is 10. The summed E-state index contributed by atoms with van der Waals surface area (Å²) < 4.78 is 26.9. The zero-order valence-electron chi connectivity index (χ0n) is 18.6. The van der Waals surface area contributed by atoms with E-state index in [2.05, 4.69) is 6.92 Å². The van der Waals surface area contributed by atoms with E-state index in [1.807, 2.05) is 12.1 Å². The zero-order chi connectivity index (χ0) is 21.8. The molecule has 1 saturated heterocycles. The number of benzene rings is 1. The fraction of sp³-hybridized carbons (Fsp3) is 0.750. The normalized spacial score (nSPS) is 17.8. The zero-order valence-corrected chi connectivity index (χ0v) is 19.5. The average Bonchev–Trinajstić information content (AvgIpc) is 3.24. The van der Waals surface area contributed by atoms with E-state index in [0.717, 1.165) is 18.4 Å². The first-order valence-electron chi connectivity index (χ1n) is 11.9. The van der Waals surface area contributed by atoms with Crippen molar-refractivity contribution in [2.45, 2.75) is 114 Å². The van der Waals surface area contributed by atoms with Gasteiger partial charge in [0, 0.05) is 6.54 Å². The largest absolute Gasteiger partial charge is 0.367 e. The average molecular weight is 440 g/mol. The van der Waals surface area contributed by atoms with Gasteiger partial charge in [-0.1, -0.05) is 83.3 Å². The highest BCUT2D eigenvalue weighted by atomic mass is 32.2. The number of aryl methyl sites for hydroxylation is 1. The number of rotatable bonds is 15. The van der Waals surface area contributed by atoms with Gasteiger partial charge in [-0.25, -0.2) is 8.42 Å². The molecule has 0 bridgehead atoms. The SMILES string of the molecule is CCCCCCCCCCCCCc1ccc(S(=O)(=O)N2CCC[C@H]2C(O)O)cc1. The lowest BCUT2D eigenvalue weighted by Crippen LogP contribution is -2.42. The third-order valence-corrected chi connectivity index (χ3v) is 8.13. The van der Waals surface area contributed by atoms with E-state index in [4.69, 9.17) is 0 Å². The molecular formula is C24H41NO4S. The molecule has 2 N–H and O–H groups in total. The minimum Gasteiger partial charge on any atom is -0.367 e. The van der Waals surface area contributed by atoms with E-state index in [0.29, 0.717) is 19.4 Å². The van der Waals surface area contributed by atoms with Crippen molar-refractivity contribution in [2.75, 3.05) is 6.54 Å². The molecule has 5 nitrogen and oxygen atoms in total. The minimum absolute atomic E-state index is 0.234. The van der Waals surface area contributed by atoms with E-state index < -0.39 is 22.4 Å². The summed E-state index contributed by atoms with van der Waals surface area (Å²) in [5.74, 6) is 0. The highest BCUT2D eigenvalue weighted by molar-refractivity contribution is 7.89. The molecular weight excluding hydrogens is 398 g/mol. The molecule has 0 aliphatic carbocycles. The third kappa shape index (κ3) is 7.95. The molecule has 0 aromatic heterocycles. The fourth-order valence-corrected chi connectivity index (χ4v) is 6.01. The maximum absolute atomic E-state index is 12.8. The molecule has 1 aliphatic rings. The van der Waals surface area contributed by atoms with Crippen LogP contribution in [-0.2, 0) is 16.4 Å². The van der Waals surface area contributed by atoms with Gasteiger partial charge < -0.3 is 10.2 Å². The molecule has 0 spiro atoms. The molecule has 30 heavy (non-hydrogen) atoms. The van der Waals surface area contributed by atoms with E-state index in [-0.39, 0.29) is 4.90 Å². The molecule has 6 heteroatoms. The predicted octanol–water partition coefficient (Wildman–Crippen LogP) is 5.00. The summed E-state index contributed by atoms with van der Waals surface area (Å²) in [6.07, 6.45) is 15.0. The van der Waals surface area contributed by atoms with Crippen molar-refractivity contribution < 1.29 is 18.6 Å². The summed E-state index contributed by atoms with van der Waals surface area (Å²) in [7, 11) is -3.68. The summed E-state index contributed by atoms with van der Waals surface area (Å²) in [5.41, 5.74) is 1.16. The molecule has 1 aliphatic heterocycles. The molecule has 1 aromatic carbocycles. The van der Waals surface area contributed by atoms with Crippen LogP contribution in [0.15, 0.2) is 29.2 Å². The lowest BCUT2D eigenvalue weighted by molar-refractivity contribution is -0.0768. The van der Waals surface area contributed by atoms with Crippen molar-refractivity contribution in [3.05, 3.63) is 29.8 Å². The van der Waals surface area contributed by atoms with Gasteiger partial charge in [0.25, 0.3) is 0 Å². The van der Waals surface area contributed by atoms with Crippen molar-refractivity contribution in [1.29, 1.82) is 0 Å². The quantitative estimate of drug-likeness (QED) is 0.298. The van der Waals surface area contributed by atoms with E-state index >= 15 is 0 Å². The van der Waals surface area contributed by atoms with Crippen LogP contribution in [0, 0.1) is 0 Å². The van der Waals surface area contributed by atoms with E-state index in [1.54, 1.807) is 12.1 Å². The van der Waals surface area contributed by atoms with Crippen molar-refractivity contribution in [2.24, 2.45) is 0 Å². The molecule has 0 radical (unpaired) electrons. The Balaban J connectivity index is 1.66. The Morgan fingerprint density at radius 1 is 0.900 bits per heavy atom. The molecule has 0 saturated carbocycles. The Morgan fingerprint density at radius 2 is 1.43 bits per heavy atom. The second kappa shape index (κ2) is 13.5. The Bertz CT molecular complexity index is 688. The Morgan fingerprint density at radius 3 is 1.97 bits per heavy atom. The predicted molar refractivity (Wildman–Crippen MR) is 122 cm³/mol. The van der Waals surface area contributed by atoms with Gasteiger partial charge in [-0.2, -0.15) is 4.31 Å². The Kier molecular flexibility index (Phi) is 11.4. The van der Waals surface area contributed by atoms with Gasteiger partial charge in [-0.3, -0.25) is 0 Å². The summed E-state index contributed by atoms with van der Waals surface area (Å²) in [4.78, 5) is 0.234. The second-order valence-corrected chi connectivity index (χ2v) is 10.6. The van der Waals surface area contributed by atoms with Crippen LogP contribution in [0.1, 0.15) is 96.0 Å². The van der Waals surface area contributed by atoms with Crippen molar-refractivity contribution in [3.63, 3.8) is 0 Å². The standard InChI is InChI=1S/C24H41NO4S/c1-2-3-4-5-6-7-8-9-10-11-12-14-21-16-18-22(19-17-21)30(28,29)25-20-13-15-23(25)24(26)27/h16-19,23-24,26-27H,2-15,20H2,1H3/t23-/m0/s1. The number of sulfonamides is 1. The molecule has 0 unspecified atom stereocenters. The smallest absolute Gasteiger partial charge is 0.243 e. The molecule has 1 fully saturated rings. The lowest BCUT2D eigenvalue weighted by Gasteiger charge is -2.25. The molecule has 2 rings (SSSR count). The van der Waals surface area contributed by atoms with Gasteiger partial charge in [-0.05, 0) is 43.4 Å². The monoisotopic (exact) mass is 439 g/mol. The summed E-state index contributed by atoms with van der Waals surface area (Å²) in [5, 5.41) is 18.9. The van der Waals surface area contributed by atoms with Gasteiger partial charge in [-0.15, -0.1) is 0 Å². The van der Waals surface area contributed by atoms with Crippen LogP contribution in [-0.4, -0.2) is 41.8 Å².